The van der Waals surface area contributed by atoms with E-state index in [0.717, 1.165) is 18.0 Å². The first-order chi connectivity index (χ1) is 9.60. The predicted octanol–water partition coefficient (Wildman–Crippen LogP) is 2.28. The fraction of sp³-hybridized carbons (Fsp3) is 0.429. The molecule has 1 aromatic rings. The van der Waals surface area contributed by atoms with Crippen molar-refractivity contribution in [2.45, 2.75) is 12.2 Å². The highest BCUT2D eigenvalue weighted by atomic mass is 32.2. The lowest BCUT2D eigenvalue weighted by atomic mass is 10.2. The predicted molar refractivity (Wildman–Crippen MR) is 87.2 cm³/mol. The van der Waals surface area contributed by atoms with Gasteiger partial charge in [0.2, 0.25) is 0 Å². The molecule has 6 heteroatoms. The summed E-state index contributed by atoms with van der Waals surface area (Å²) in [6.45, 7) is 3.48. The maximum Gasteiger partial charge on any atom is 0.320 e. The Bertz CT molecular complexity index is 490. The van der Waals surface area contributed by atoms with Crippen LogP contribution in [0.4, 0.5) is 5.69 Å². The van der Waals surface area contributed by atoms with E-state index in [1.807, 2.05) is 36.1 Å². The van der Waals surface area contributed by atoms with Crippen LogP contribution >= 0.6 is 24.0 Å². The highest BCUT2D eigenvalue weighted by Crippen LogP contribution is 2.20. The third-order valence-electron chi connectivity index (χ3n) is 3.12. The van der Waals surface area contributed by atoms with Crippen molar-refractivity contribution in [1.82, 2.24) is 4.90 Å². The molecule has 0 radical (unpaired) electrons. The lowest BCUT2D eigenvalue weighted by molar-refractivity contribution is -0.140. The molecule has 2 rings (SSSR count). The summed E-state index contributed by atoms with van der Waals surface area (Å²) >= 11 is 7.04. The number of carbonyl (C=O) groups excluding carboxylic acids is 1. The van der Waals surface area contributed by atoms with Gasteiger partial charge in [-0.1, -0.05) is 17.7 Å². The standard InChI is InChI=1S/C14H18N2O2S2/c1-10-3-5-11(6-4-10)15-14(19)16-7-8-20-12(9-16)13(17)18-2/h3-6,12H,7-9H2,1-2H3,(H,15,19)/t12-/m1/s1. The van der Waals surface area contributed by atoms with Crippen LogP contribution in [0.1, 0.15) is 5.56 Å². The topological polar surface area (TPSA) is 41.6 Å². The van der Waals surface area contributed by atoms with Crippen molar-refractivity contribution in [3.63, 3.8) is 0 Å². The van der Waals surface area contributed by atoms with E-state index in [4.69, 9.17) is 17.0 Å². The number of methoxy groups -OCH3 is 1. The van der Waals surface area contributed by atoms with Gasteiger partial charge in [-0.2, -0.15) is 0 Å². The van der Waals surface area contributed by atoms with E-state index in [9.17, 15) is 4.79 Å². The summed E-state index contributed by atoms with van der Waals surface area (Å²) in [6, 6.07) is 8.07. The van der Waals surface area contributed by atoms with Crippen LogP contribution in [0.3, 0.4) is 0 Å². The lowest BCUT2D eigenvalue weighted by Crippen LogP contribution is -2.46. The minimum atomic E-state index is -0.183. The quantitative estimate of drug-likeness (QED) is 0.668. The molecule has 0 aromatic heterocycles. The smallest absolute Gasteiger partial charge is 0.320 e. The van der Waals surface area contributed by atoms with Crippen LogP contribution in [-0.2, 0) is 9.53 Å². The van der Waals surface area contributed by atoms with Crippen molar-refractivity contribution in [2.75, 3.05) is 31.3 Å². The second kappa shape index (κ2) is 6.95. The zero-order valence-electron chi connectivity index (χ0n) is 11.6. The monoisotopic (exact) mass is 310 g/mol. The number of nitrogens with zero attached hydrogens (tertiary/aromatic N) is 1. The molecule has 108 valence electrons. The number of hydrogen-bond acceptors (Lipinski definition) is 4. The molecule has 1 fully saturated rings. The average molecular weight is 310 g/mol. The van der Waals surface area contributed by atoms with Crippen molar-refractivity contribution in [3.05, 3.63) is 29.8 Å². The van der Waals surface area contributed by atoms with Crippen LogP contribution < -0.4 is 5.32 Å². The van der Waals surface area contributed by atoms with Gasteiger partial charge in [-0.3, -0.25) is 4.79 Å². The fourth-order valence-electron chi connectivity index (χ4n) is 1.95. The van der Waals surface area contributed by atoms with Gasteiger partial charge in [-0.15, -0.1) is 11.8 Å². The van der Waals surface area contributed by atoms with Crippen molar-refractivity contribution in [2.24, 2.45) is 0 Å². The zero-order valence-corrected chi connectivity index (χ0v) is 13.2. The molecule has 0 saturated carbocycles. The van der Waals surface area contributed by atoms with E-state index in [1.54, 1.807) is 11.8 Å². The Morgan fingerprint density at radius 1 is 1.45 bits per heavy atom. The van der Waals surface area contributed by atoms with Gasteiger partial charge in [0, 0.05) is 24.5 Å². The van der Waals surface area contributed by atoms with Crippen LogP contribution in [0.2, 0.25) is 0 Å². The minimum Gasteiger partial charge on any atom is -0.468 e. The number of anilines is 1. The second-order valence-corrected chi connectivity index (χ2v) is 6.32. The SMILES string of the molecule is COC(=O)[C@H]1CN(C(=S)Nc2ccc(C)cc2)CCS1. The van der Waals surface area contributed by atoms with E-state index >= 15 is 0 Å². The largest absolute Gasteiger partial charge is 0.468 e. The minimum absolute atomic E-state index is 0.161. The fourth-order valence-corrected chi connectivity index (χ4v) is 3.36. The molecule has 0 amide bonds. The lowest BCUT2D eigenvalue weighted by Gasteiger charge is -2.33. The number of carbonyl (C=O) groups is 1. The molecule has 1 aliphatic heterocycles. The van der Waals surface area contributed by atoms with E-state index in [1.165, 1.54) is 12.7 Å². The highest BCUT2D eigenvalue weighted by Gasteiger charge is 2.28. The molecule has 0 aliphatic carbocycles. The molecular formula is C14H18N2O2S2. The Labute approximate surface area is 128 Å². The molecule has 1 aliphatic rings. The highest BCUT2D eigenvalue weighted by molar-refractivity contribution is 8.00. The molecule has 1 saturated heterocycles. The van der Waals surface area contributed by atoms with Crippen LogP contribution in [0, 0.1) is 6.92 Å². The van der Waals surface area contributed by atoms with Gasteiger partial charge >= 0.3 is 5.97 Å². The maximum absolute atomic E-state index is 11.6. The summed E-state index contributed by atoms with van der Waals surface area (Å²) in [5.74, 6) is 0.688. The molecular weight excluding hydrogens is 292 g/mol. The number of esters is 1. The molecule has 1 N–H and O–H groups in total. The number of nitrogens with one attached hydrogen (secondary N) is 1. The van der Waals surface area contributed by atoms with Crippen molar-refractivity contribution < 1.29 is 9.53 Å². The summed E-state index contributed by atoms with van der Waals surface area (Å²) < 4.78 is 4.80. The summed E-state index contributed by atoms with van der Waals surface area (Å²) in [5.41, 5.74) is 2.18. The Hall–Kier alpha value is -1.27. The Kier molecular flexibility index (Phi) is 5.25. The van der Waals surface area contributed by atoms with Crippen LogP contribution in [0.15, 0.2) is 24.3 Å². The van der Waals surface area contributed by atoms with Crippen molar-refractivity contribution in [3.8, 4) is 0 Å². The Balaban J connectivity index is 1.95. The Morgan fingerprint density at radius 2 is 2.15 bits per heavy atom. The summed E-state index contributed by atoms with van der Waals surface area (Å²) in [5, 5.41) is 3.71. The second-order valence-electron chi connectivity index (χ2n) is 4.62. The number of ether oxygens (including phenoxy) is 1. The van der Waals surface area contributed by atoms with Crippen LogP contribution in [0.5, 0.6) is 0 Å². The summed E-state index contributed by atoms with van der Waals surface area (Å²) in [6.07, 6.45) is 0. The number of thioether (sulfide) groups is 1. The van der Waals surface area contributed by atoms with Gasteiger partial charge < -0.3 is 15.0 Å². The summed E-state index contributed by atoms with van der Waals surface area (Å²) in [7, 11) is 1.42. The first-order valence-corrected chi connectivity index (χ1v) is 7.88. The van der Waals surface area contributed by atoms with Crippen molar-refractivity contribution >= 4 is 40.7 Å². The number of thiocarbonyl (C=S) groups is 1. The third kappa shape index (κ3) is 3.86. The number of hydrogen-bond donors (Lipinski definition) is 1. The molecule has 0 bridgehead atoms. The van der Waals surface area contributed by atoms with E-state index in [0.29, 0.717) is 11.7 Å². The first-order valence-electron chi connectivity index (χ1n) is 6.42. The Morgan fingerprint density at radius 3 is 2.80 bits per heavy atom. The molecule has 20 heavy (non-hydrogen) atoms. The maximum atomic E-state index is 11.6. The van der Waals surface area contributed by atoms with Gasteiger partial charge in [0.25, 0.3) is 0 Å². The molecule has 1 atom stereocenters. The number of benzene rings is 1. The van der Waals surface area contributed by atoms with Crippen LogP contribution in [-0.4, -0.2) is 47.2 Å². The molecule has 1 aromatic carbocycles. The first kappa shape index (κ1) is 15.1. The number of aryl methyl sites for hydroxylation is 1. The van der Waals surface area contributed by atoms with E-state index < -0.39 is 0 Å². The van der Waals surface area contributed by atoms with E-state index in [2.05, 4.69) is 5.32 Å². The molecule has 0 spiro atoms. The van der Waals surface area contributed by atoms with Gasteiger partial charge in [0.05, 0.1) is 7.11 Å². The molecule has 4 nitrogen and oxygen atoms in total. The average Bonchev–Trinajstić information content (AvgIpc) is 2.49. The van der Waals surface area contributed by atoms with Gasteiger partial charge in [0.15, 0.2) is 5.11 Å². The zero-order chi connectivity index (χ0) is 14.5. The molecule has 0 unspecified atom stereocenters. The third-order valence-corrected chi connectivity index (χ3v) is 4.64. The van der Waals surface area contributed by atoms with Gasteiger partial charge in [0.1, 0.15) is 5.25 Å². The normalized spacial score (nSPS) is 18.5. The number of rotatable bonds is 2. The van der Waals surface area contributed by atoms with E-state index in [-0.39, 0.29) is 11.2 Å². The van der Waals surface area contributed by atoms with Crippen molar-refractivity contribution in [1.29, 1.82) is 0 Å². The van der Waals surface area contributed by atoms with Gasteiger partial charge in [-0.25, -0.2) is 0 Å². The molecule has 1 heterocycles. The summed E-state index contributed by atoms with van der Waals surface area (Å²) in [4.78, 5) is 13.6. The van der Waals surface area contributed by atoms with Gasteiger partial charge in [-0.05, 0) is 31.3 Å². The van der Waals surface area contributed by atoms with Crippen LogP contribution in [0.25, 0.3) is 0 Å².